The second-order valence-electron chi connectivity index (χ2n) is 4.49. The second kappa shape index (κ2) is 6.67. The van der Waals surface area contributed by atoms with E-state index in [0.29, 0.717) is 5.69 Å². The molecule has 0 saturated carbocycles. The quantitative estimate of drug-likeness (QED) is 0.489. The maximum absolute atomic E-state index is 13.1. The standard InChI is InChI=1S/C14H11ClFN3O2S/c1-8-2-5-12(13(6-8)19(20)21)18-14(22)17-9-3-4-11(16)10(15)7-9/h2-7H,1H3,(H2,17,18,22). The van der Waals surface area contributed by atoms with E-state index in [2.05, 4.69) is 10.6 Å². The number of thiocarbonyl (C=S) groups is 1. The van der Waals surface area contributed by atoms with E-state index in [0.717, 1.165) is 5.56 Å². The molecule has 0 heterocycles. The zero-order valence-corrected chi connectivity index (χ0v) is 13.0. The minimum absolute atomic E-state index is 0.0471. The van der Waals surface area contributed by atoms with Crippen molar-refractivity contribution in [3.63, 3.8) is 0 Å². The highest BCUT2D eigenvalue weighted by atomic mass is 35.5. The van der Waals surface area contributed by atoms with Gasteiger partial charge in [0.25, 0.3) is 5.69 Å². The molecule has 0 atom stereocenters. The van der Waals surface area contributed by atoms with E-state index in [-0.39, 0.29) is 21.5 Å². The summed E-state index contributed by atoms with van der Waals surface area (Å²) in [6, 6.07) is 8.76. The van der Waals surface area contributed by atoms with E-state index in [1.54, 1.807) is 19.1 Å². The van der Waals surface area contributed by atoms with Gasteiger partial charge < -0.3 is 10.6 Å². The minimum Gasteiger partial charge on any atom is -0.332 e. The zero-order chi connectivity index (χ0) is 16.3. The average molecular weight is 340 g/mol. The number of hydrogen-bond acceptors (Lipinski definition) is 3. The van der Waals surface area contributed by atoms with Crippen LogP contribution in [0.1, 0.15) is 5.56 Å². The van der Waals surface area contributed by atoms with Gasteiger partial charge in [0.05, 0.1) is 9.95 Å². The first-order valence-corrected chi connectivity index (χ1v) is 6.93. The molecular weight excluding hydrogens is 329 g/mol. The Morgan fingerprint density at radius 1 is 1.27 bits per heavy atom. The highest BCUT2D eigenvalue weighted by Gasteiger charge is 2.14. The van der Waals surface area contributed by atoms with E-state index in [1.807, 2.05) is 0 Å². The van der Waals surface area contributed by atoms with Gasteiger partial charge in [-0.25, -0.2) is 4.39 Å². The van der Waals surface area contributed by atoms with Gasteiger partial charge in [0.2, 0.25) is 0 Å². The van der Waals surface area contributed by atoms with Gasteiger partial charge in [-0.05, 0) is 49.0 Å². The van der Waals surface area contributed by atoms with Crippen molar-refractivity contribution >= 4 is 46.0 Å². The normalized spacial score (nSPS) is 10.1. The Morgan fingerprint density at radius 2 is 2.00 bits per heavy atom. The molecule has 2 aromatic carbocycles. The van der Waals surface area contributed by atoms with Gasteiger partial charge in [-0.3, -0.25) is 10.1 Å². The summed E-state index contributed by atoms with van der Waals surface area (Å²) in [7, 11) is 0. The molecule has 2 N–H and O–H groups in total. The van der Waals surface area contributed by atoms with Crippen LogP contribution in [0.25, 0.3) is 0 Å². The van der Waals surface area contributed by atoms with Crippen molar-refractivity contribution < 1.29 is 9.31 Å². The molecule has 0 fully saturated rings. The van der Waals surface area contributed by atoms with Crippen molar-refractivity contribution in [1.29, 1.82) is 0 Å². The molecule has 22 heavy (non-hydrogen) atoms. The molecule has 0 radical (unpaired) electrons. The summed E-state index contributed by atoms with van der Waals surface area (Å²) in [5.41, 5.74) is 1.42. The van der Waals surface area contributed by atoms with Crippen molar-refractivity contribution in [3.05, 3.63) is 62.9 Å². The maximum Gasteiger partial charge on any atom is 0.292 e. The fraction of sp³-hybridized carbons (Fsp3) is 0.0714. The largest absolute Gasteiger partial charge is 0.332 e. The van der Waals surface area contributed by atoms with Gasteiger partial charge in [-0.15, -0.1) is 0 Å². The SMILES string of the molecule is Cc1ccc(NC(=S)Nc2ccc(F)c(Cl)c2)c([N+](=O)[O-])c1. The lowest BCUT2D eigenvalue weighted by Gasteiger charge is -2.11. The van der Waals surface area contributed by atoms with Gasteiger partial charge in [0.15, 0.2) is 5.11 Å². The fourth-order valence-electron chi connectivity index (χ4n) is 1.76. The first-order valence-electron chi connectivity index (χ1n) is 6.15. The molecule has 2 rings (SSSR count). The lowest BCUT2D eigenvalue weighted by Crippen LogP contribution is -2.19. The predicted molar refractivity (Wildman–Crippen MR) is 89.1 cm³/mol. The molecule has 0 bridgehead atoms. The number of anilines is 2. The van der Waals surface area contributed by atoms with Crippen LogP contribution in [-0.2, 0) is 0 Å². The third-order valence-electron chi connectivity index (χ3n) is 2.78. The summed E-state index contributed by atoms with van der Waals surface area (Å²) < 4.78 is 13.1. The molecule has 0 unspecified atom stereocenters. The summed E-state index contributed by atoms with van der Waals surface area (Å²) >= 11 is 10.8. The lowest BCUT2D eigenvalue weighted by atomic mass is 10.2. The molecule has 0 spiro atoms. The molecule has 8 heteroatoms. The van der Waals surface area contributed by atoms with E-state index in [9.17, 15) is 14.5 Å². The third-order valence-corrected chi connectivity index (χ3v) is 3.27. The van der Waals surface area contributed by atoms with Gasteiger partial charge in [0.1, 0.15) is 11.5 Å². The van der Waals surface area contributed by atoms with Crippen LogP contribution in [0.5, 0.6) is 0 Å². The van der Waals surface area contributed by atoms with Gasteiger partial charge in [0, 0.05) is 11.8 Å². The van der Waals surface area contributed by atoms with E-state index in [1.165, 1.54) is 24.3 Å². The molecule has 5 nitrogen and oxygen atoms in total. The molecule has 0 saturated heterocycles. The molecule has 2 aromatic rings. The summed E-state index contributed by atoms with van der Waals surface area (Å²) in [6.07, 6.45) is 0. The van der Waals surface area contributed by atoms with Crippen LogP contribution in [0.15, 0.2) is 36.4 Å². The molecule has 0 aliphatic rings. The topological polar surface area (TPSA) is 67.2 Å². The Labute approximate surface area is 136 Å². The number of aryl methyl sites for hydroxylation is 1. The first-order chi connectivity index (χ1) is 10.4. The Bertz CT molecular complexity index is 755. The van der Waals surface area contributed by atoms with E-state index >= 15 is 0 Å². The third kappa shape index (κ3) is 3.90. The Morgan fingerprint density at radius 3 is 2.64 bits per heavy atom. The summed E-state index contributed by atoms with van der Waals surface area (Å²) in [5, 5.41) is 16.7. The van der Waals surface area contributed by atoms with Crippen LogP contribution >= 0.6 is 23.8 Å². The highest BCUT2D eigenvalue weighted by Crippen LogP contribution is 2.26. The lowest BCUT2D eigenvalue weighted by molar-refractivity contribution is -0.383. The van der Waals surface area contributed by atoms with Crippen molar-refractivity contribution in [2.75, 3.05) is 10.6 Å². The number of benzene rings is 2. The van der Waals surface area contributed by atoms with E-state index in [4.69, 9.17) is 23.8 Å². The van der Waals surface area contributed by atoms with Crippen molar-refractivity contribution in [2.24, 2.45) is 0 Å². The summed E-state index contributed by atoms with van der Waals surface area (Å²) in [5.74, 6) is -0.541. The minimum atomic E-state index is -0.541. The van der Waals surface area contributed by atoms with Crippen LogP contribution in [0.2, 0.25) is 5.02 Å². The van der Waals surface area contributed by atoms with Crippen LogP contribution < -0.4 is 10.6 Å². The molecule has 0 aromatic heterocycles. The van der Waals surface area contributed by atoms with Gasteiger partial charge >= 0.3 is 0 Å². The highest BCUT2D eigenvalue weighted by molar-refractivity contribution is 7.80. The molecular formula is C14H11ClFN3O2S. The number of halogens is 2. The molecule has 0 aliphatic heterocycles. The molecule has 0 amide bonds. The van der Waals surface area contributed by atoms with Gasteiger partial charge in [-0.2, -0.15) is 0 Å². The fourth-order valence-corrected chi connectivity index (χ4v) is 2.17. The first kappa shape index (κ1) is 16.1. The summed E-state index contributed by atoms with van der Waals surface area (Å²) in [6.45, 7) is 1.76. The number of hydrogen-bond donors (Lipinski definition) is 2. The Kier molecular flexibility index (Phi) is 4.89. The number of nitrogens with zero attached hydrogens (tertiary/aromatic N) is 1. The smallest absolute Gasteiger partial charge is 0.292 e. The number of rotatable bonds is 3. The second-order valence-corrected chi connectivity index (χ2v) is 5.30. The van der Waals surface area contributed by atoms with Gasteiger partial charge in [-0.1, -0.05) is 17.7 Å². The number of nitro benzene ring substituents is 1. The van der Waals surface area contributed by atoms with Crippen molar-refractivity contribution in [1.82, 2.24) is 0 Å². The monoisotopic (exact) mass is 339 g/mol. The van der Waals surface area contributed by atoms with Crippen molar-refractivity contribution in [2.45, 2.75) is 6.92 Å². The van der Waals surface area contributed by atoms with Crippen LogP contribution in [0.3, 0.4) is 0 Å². The molecule has 114 valence electrons. The molecule has 0 aliphatic carbocycles. The van der Waals surface area contributed by atoms with E-state index < -0.39 is 10.7 Å². The Balaban J connectivity index is 2.15. The van der Waals surface area contributed by atoms with Crippen LogP contribution in [-0.4, -0.2) is 10.0 Å². The van der Waals surface area contributed by atoms with Crippen LogP contribution in [0, 0.1) is 22.9 Å². The van der Waals surface area contributed by atoms with Crippen molar-refractivity contribution in [3.8, 4) is 0 Å². The average Bonchev–Trinajstić information content (AvgIpc) is 2.44. The summed E-state index contributed by atoms with van der Waals surface area (Å²) in [4.78, 5) is 10.5. The number of nitro groups is 1. The zero-order valence-electron chi connectivity index (χ0n) is 11.4. The predicted octanol–water partition coefficient (Wildman–Crippen LogP) is 4.50. The maximum atomic E-state index is 13.1. The Hall–Kier alpha value is -2.25. The van der Waals surface area contributed by atoms with Crippen LogP contribution in [0.4, 0.5) is 21.5 Å². The number of nitrogens with one attached hydrogen (secondary N) is 2.